The molecule has 1 saturated carbocycles. The lowest BCUT2D eigenvalue weighted by Crippen LogP contribution is -2.36. The molecule has 0 aromatic heterocycles. The predicted molar refractivity (Wildman–Crippen MR) is 133 cm³/mol. The number of ether oxygens (including phenoxy) is 2. The second-order valence-electron chi connectivity index (χ2n) is 8.92. The molecule has 1 fully saturated rings. The van der Waals surface area contributed by atoms with E-state index >= 15 is 0 Å². The molecule has 0 saturated heterocycles. The van der Waals surface area contributed by atoms with Crippen molar-refractivity contribution in [3.05, 3.63) is 65.2 Å². The number of amides is 2. The number of nitrogens with one attached hydrogen (secondary N) is 1. The average Bonchev–Trinajstić information content (AvgIpc) is 3.69. The number of anilines is 1. The average molecular weight is 459 g/mol. The highest BCUT2D eigenvalue weighted by Crippen LogP contribution is 2.36. The highest BCUT2D eigenvalue weighted by molar-refractivity contribution is 6.08. The molecule has 0 bridgehead atoms. The van der Waals surface area contributed by atoms with Gasteiger partial charge in [-0.15, -0.1) is 0 Å². The lowest BCUT2D eigenvalue weighted by Gasteiger charge is -2.30. The van der Waals surface area contributed by atoms with E-state index in [1.165, 1.54) is 5.56 Å². The smallest absolute Gasteiger partial charge is 0.256 e. The Hall–Kier alpha value is -3.54. The van der Waals surface area contributed by atoms with E-state index in [-0.39, 0.29) is 17.7 Å². The Morgan fingerprint density at radius 1 is 0.941 bits per heavy atom. The van der Waals surface area contributed by atoms with Crippen molar-refractivity contribution in [2.24, 2.45) is 5.92 Å². The van der Waals surface area contributed by atoms with Crippen LogP contribution in [0.25, 0.3) is 10.8 Å². The largest absolute Gasteiger partial charge is 0.490 e. The molecule has 1 N–H and O–H groups in total. The van der Waals surface area contributed by atoms with Crippen molar-refractivity contribution >= 4 is 28.3 Å². The van der Waals surface area contributed by atoms with E-state index in [2.05, 4.69) is 5.32 Å². The Labute approximate surface area is 199 Å². The summed E-state index contributed by atoms with van der Waals surface area (Å²) in [5.74, 6) is 1.45. The van der Waals surface area contributed by atoms with Crippen molar-refractivity contribution in [3.63, 3.8) is 0 Å². The van der Waals surface area contributed by atoms with Crippen LogP contribution in [0.15, 0.2) is 48.5 Å². The first-order chi connectivity index (χ1) is 16.6. The van der Waals surface area contributed by atoms with E-state index < -0.39 is 0 Å². The molecule has 0 spiro atoms. The lowest BCUT2D eigenvalue weighted by atomic mass is 9.97. The number of benzene rings is 3. The third kappa shape index (κ3) is 4.45. The Kier molecular flexibility index (Phi) is 6.14. The van der Waals surface area contributed by atoms with Crippen molar-refractivity contribution in [1.29, 1.82) is 0 Å². The lowest BCUT2D eigenvalue weighted by molar-refractivity contribution is -0.117. The van der Waals surface area contributed by atoms with Gasteiger partial charge in [0.2, 0.25) is 5.91 Å². The van der Waals surface area contributed by atoms with E-state index in [1.54, 1.807) is 0 Å². The number of rotatable bonds is 7. The molecule has 0 radical (unpaired) electrons. The van der Waals surface area contributed by atoms with Gasteiger partial charge >= 0.3 is 0 Å². The SMILES string of the molecule is CCOc1cc2c(cc1OCC)CN(C(=O)c1cc3ccccc3cc1NC(=O)C1CC1)CC2. The zero-order valence-corrected chi connectivity index (χ0v) is 19.7. The number of fused-ring (bicyclic) bond motifs is 2. The van der Waals surface area contributed by atoms with Gasteiger partial charge in [0.25, 0.3) is 5.91 Å². The molecule has 1 aliphatic carbocycles. The number of nitrogens with zero attached hydrogens (tertiary/aromatic N) is 1. The van der Waals surface area contributed by atoms with Gasteiger partial charge in [0, 0.05) is 19.0 Å². The fourth-order valence-corrected chi connectivity index (χ4v) is 4.55. The van der Waals surface area contributed by atoms with Crippen molar-refractivity contribution in [1.82, 2.24) is 4.90 Å². The molecule has 6 nitrogen and oxygen atoms in total. The standard InChI is InChI=1S/C28H30N2O4/c1-3-33-25-15-21-11-12-30(17-22(21)16-26(25)34-4-2)28(32)23-13-19-7-5-6-8-20(19)14-24(23)29-27(31)18-9-10-18/h5-8,13-16,18H,3-4,9-12,17H2,1-2H3,(H,29,31). The Balaban J connectivity index is 1.46. The minimum Gasteiger partial charge on any atom is -0.490 e. The molecule has 176 valence electrons. The summed E-state index contributed by atoms with van der Waals surface area (Å²) in [6, 6.07) is 15.8. The van der Waals surface area contributed by atoms with Gasteiger partial charge in [0.1, 0.15) is 0 Å². The molecule has 0 unspecified atom stereocenters. The van der Waals surface area contributed by atoms with E-state index in [0.717, 1.165) is 41.3 Å². The molecular weight excluding hydrogens is 428 g/mol. The van der Waals surface area contributed by atoms with Crippen LogP contribution in [0.3, 0.4) is 0 Å². The third-order valence-electron chi connectivity index (χ3n) is 6.49. The summed E-state index contributed by atoms with van der Waals surface area (Å²) in [5, 5.41) is 5.01. The molecule has 2 amide bonds. The third-order valence-corrected chi connectivity index (χ3v) is 6.49. The van der Waals surface area contributed by atoms with E-state index in [0.29, 0.717) is 43.3 Å². The molecular formula is C28H30N2O4. The topological polar surface area (TPSA) is 67.9 Å². The molecule has 0 atom stereocenters. The van der Waals surface area contributed by atoms with Crippen LogP contribution in [0.2, 0.25) is 0 Å². The molecule has 1 heterocycles. The van der Waals surface area contributed by atoms with Crippen LogP contribution in [0.4, 0.5) is 5.69 Å². The molecule has 6 heteroatoms. The van der Waals surface area contributed by atoms with Gasteiger partial charge in [-0.2, -0.15) is 0 Å². The fourth-order valence-electron chi connectivity index (χ4n) is 4.55. The first-order valence-electron chi connectivity index (χ1n) is 12.1. The summed E-state index contributed by atoms with van der Waals surface area (Å²) < 4.78 is 11.6. The van der Waals surface area contributed by atoms with Crippen molar-refractivity contribution in [2.75, 3.05) is 25.1 Å². The van der Waals surface area contributed by atoms with Crippen LogP contribution < -0.4 is 14.8 Å². The molecule has 2 aliphatic rings. The maximum Gasteiger partial charge on any atom is 0.256 e. The van der Waals surface area contributed by atoms with Crippen LogP contribution in [0, 0.1) is 5.92 Å². The summed E-state index contributed by atoms with van der Waals surface area (Å²) in [5.41, 5.74) is 3.37. The Morgan fingerprint density at radius 2 is 1.59 bits per heavy atom. The van der Waals surface area contributed by atoms with Crippen LogP contribution in [-0.2, 0) is 17.8 Å². The summed E-state index contributed by atoms with van der Waals surface area (Å²) in [4.78, 5) is 28.1. The quantitative estimate of drug-likeness (QED) is 0.529. The van der Waals surface area contributed by atoms with Gasteiger partial charge in [-0.3, -0.25) is 9.59 Å². The van der Waals surface area contributed by atoms with Crippen molar-refractivity contribution in [3.8, 4) is 11.5 Å². The minimum atomic E-state index is -0.0747. The zero-order chi connectivity index (χ0) is 23.7. The fraction of sp³-hybridized carbons (Fsp3) is 0.357. The zero-order valence-electron chi connectivity index (χ0n) is 19.7. The predicted octanol–water partition coefficient (Wildman–Crippen LogP) is 5.18. The van der Waals surface area contributed by atoms with Gasteiger partial charge in [0.15, 0.2) is 11.5 Å². The van der Waals surface area contributed by atoms with Crippen molar-refractivity contribution in [2.45, 2.75) is 39.7 Å². The van der Waals surface area contributed by atoms with E-state index in [1.807, 2.05) is 67.3 Å². The first kappa shape index (κ1) is 22.3. The van der Waals surface area contributed by atoms with Crippen molar-refractivity contribution < 1.29 is 19.1 Å². The van der Waals surface area contributed by atoms with Gasteiger partial charge < -0.3 is 19.7 Å². The monoisotopic (exact) mass is 458 g/mol. The molecule has 3 aromatic carbocycles. The normalized spacial score (nSPS) is 15.1. The highest BCUT2D eigenvalue weighted by atomic mass is 16.5. The van der Waals surface area contributed by atoms with Gasteiger partial charge in [-0.1, -0.05) is 24.3 Å². The van der Waals surface area contributed by atoms with E-state index in [9.17, 15) is 9.59 Å². The number of carbonyl (C=O) groups excluding carboxylic acids is 2. The number of hydrogen-bond donors (Lipinski definition) is 1. The molecule has 5 rings (SSSR count). The Morgan fingerprint density at radius 3 is 2.24 bits per heavy atom. The maximum atomic E-state index is 13.7. The molecule has 3 aromatic rings. The number of hydrogen-bond acceptors (Lipinski definition) is 4. The molecule has 1 aliphatic heterocycles. The summed E-state index contributed by atoms with van der Waals surface area (Å²) in [6.07, 6.45) is 2.57. The van der Waals surface area contributed by atoms with Gasteiger partial charge in [-0.25, -0.2) is 0 Å². The molecule has 34 heavy (non-hydrogen) atoms. The first-order valence-corrected chi connectivity index (χ1v) is 12.1. The van der Waals surface area contributed by atoms with Crippen LogP contribution >= 0.6 is 0 Å². The van der Waals surface area contributed by atoms with E-state index in [4.69, 9.17) is 9.47 Å². The second kappa shape index (κ2) is 9.37. The van der Waals surface area contributed by atoms with Gasteiger partial charge in [0.05, 0.1) is 24.5 Å². The summed E-state index contributed by atoms with van der Waals surface area (Å²) in [7, 11) is 0. The van der Waals surface area contributed by atoms with Crippen LogP contribution in [0.5, 0.6) is 11.5 Å². The summed E-state index contributed by atoms with van der Waals surface area (Å²) in [6.45, 7) is 6.11. The second-order valence-corrected chi connectivity index (χ2v) is 8.92. The Bertz CT molecular complexity index is 1250. The minimum absolute atomic E-state index is 0.00173. The van der Waals surface area contributed by atoms with Crippen LogP contribution in [-0.4, -0.2) is 36.5 Å². The van der Waals surface area contributed by atoms with Crippen LogP contribution in [0.1, 0.15) is 48.2 Å². The highest BCUT2D eigenvalue weighted by Gasteiger charge is 2.31. The number of carbonyl (C=O) groups is 2. The summed E-state index contributed by atoms with van der Waals surface area (Å²) >= 11 is 0. The van der Waals surface area contributed by atoms with Gasteiger partial charge in [-0.05, 0) is 79.3 Å². The maximum absolute atomic E-state index is 13.7.